The van der Waals surface area contributed by atoms with Gasteiger partial charge in [-0.3, -0.25) is 4.79 Å². The van der Waals surface area contributed by atoms with Crippen molar-refractivity contribution in [3.05, 3.63) is 29.8 Å². The van der Waals surface area contributed by atoms with Crippen LogP contribution in [0.4, 0.5) is 0 Å². The van der Waals surface area contributed by atoms with Crippen molar-refractivity contribution in [3.63, 3.8) is 0 Å². The lowest BCUT2D eigenvalue weighted by atomic mass is 10.2. The molecule has 0 fully saturated rings. The second kappa shape index (κ2) is 7.62. The third kappa shape index (κ3) is 4.99. The number of carbonyl (C=O) groups excluding carboxylic acids is 1. The van der Waals surface area contributed by atoms with E-state index in [9.17, 15) is 13.2 Å². The summed E-state index contributed by atoms with van der Waals surface area (Å²) in [5.74, 6) is -0.343. The summed E-state index contributed by atoms with van der Waals surface area (Å²) < 4.78 is 30.9. The molecule has 0 spiro atoms. The quantitative estimate of drug-likeness (QED) is 0.602. The first-order chi connectivity index (χ1) is 9.49. The van der Waals surface area contributed by atoms with Gasteiger partial charge in [0.1, 0.15) is 0 Å². The van der Waals surface area contributed by atoms with Gasteiger partial charge >= 0.3 is 5.97 Å². The lowest BCUT2D eigenvalue weighted by Gasteiger charge is -2.06. The highest BCUT2D eigenvalue weighted by Crippen LogP contribution is 2.09. The number of ether oxygens (including phenoxy) is 1. The molecule has 108 valence electrons. The van der Waals surface area contributed by atoms with E-state index in [2.05, 4.69) is 4.72 Å². The van der Waals surface area contributed by atoms with Crippen molar-refractivity contribution in [2.24, 2.45) is 0 Å². The largest absolute Gasteiger partial charge is 0.466 e. The smallest absolute Gasteiger partial charge is 0.305 e. The Bertz CT molecular complexity index is 588. The van der Waals surface area contributed by atoms with E-state index in [1.165, 1.54) is 24.3 Å². The summed E-state index contributed by atoms with van der Waals surface area (Å²) in [4.78, 5) is 11.2. The van der Waals surface area contributed by atoms with E-state index in [1.54, 1.807) is 6.92 Å². The third-order valence-electron chi connectivity index (χ3n) is 2.45. The molecule has 20 heavy (non-hydrogen) atoms. The van der Waals surface area contributed by atoms with Gasteiger partial charge in [0.15, 0.2) is 0 Å². The Morgan fingerprint density at radius 1 is 1.35 bits per heavy atom. The zero-order chi connectivity index (χ0) is 15.0. The summed E-state index contributed by atoms with van der Waals surface area (Å²) in [5.41, 5.74) is 0.395. The van der Waals surface area contributed by atoms with E-state index >= 15 is 0 Å². The van der Waals surface area contributed by atoms with Gasteiger partial charge in [0.25, 0.3) is 0 Å². The van der Waals surface area contributed by atoms with Crippen LogP contribution in [0.25, 0.3) is 0 Å². The lowest BCUT2D eigenvalue weighted by molar-refractivity contribution is -0.143. The zero-order valence-corrected chi connectivity index (χ0v) is 11.9. The number of nitriles is 1. The average molecular weight is 296 g/mol. The molecule has 0 saturated carbocycles. The minimum absolute atomic E-state index is 0.0904. The summed E-state index contributed by atoms with van der Waals surface area (Å²) in [6.45, 7) is 2.18. The predicted molar refractivity (Wildman–Crippen MR) is 72.2 cm³/mol. The fourth-order valence-electron chi connectivity index (χ4n) is 1.46. The molecule has 1 N–H and O–H groups in total. The molecule has 7 heteroatoms. The summed E-state index contributed by atoms with van der Waals surface area (Å²) in [7, 11) is -3.61. The molecule has 0 heterocycles. The van der Waals surface area contributed by atoms with Crippen LogP contribution in [0.1, 0.15) is 25.3 Å². The van der Waals surface area contributed by atoms with Gasteiger partial charge in [0, 0.05) is 13.0 Å². The van der Waals surface area contributed by atoms with Crippen molar-refractivity contribution in [3.8, 4) is 6.07 Å². The fraction of sp³-hybridized carbons (Fsp3) is 0.385. The van der Waals surface area contributed by atoms with Gasteiger partial charge in [-0.15, -0.1) is 0 Å². The number of benzene rings is 1. The molecule has 0 aliphatic carbocycles. The number of nitrogens with zero attached hydrogens (tertiary/aromatic N) is 1. The highest BCUT2D eigenvalue weighted by atomic mass is 32.2. The maximum Gasteiger partial charge on any atom is 0.305 e. The van der Waals surface area contributed by atoms with E-state index in [-0.39, 0.29) is 23.8 Å². The molecule has 0 aliphatic rings. The van der Waals surface area contributed by atoms with Gasteiger partial charge in [0.2, 0.25) is 10.0 Å². The summed E-state index contributed by atoms with van der Waals surface area (Å²) >= 11 is 0. The van der Waals surface area contributed by atoms with Crippen molar-refractivity contribution >= 4 is 16.0 Å². The minimum Gasteiger partial charge on any atom is -0.466 e. The molecule has 0 amide bonds. The van der Waals surface area contributed by atoms with Gasteiger partial charge in [0.05, 0.1) is 23.1 Å². The predicted octanol–water partition coefficient (Wildman–Crippen LogP) is 1.18. The van der Waals surface area contributed by atoms with Crippen LogP contribution < -0.4 is 4.72 Å². The van der Waals surface area contributed by atoms with E-state index in [0.717, 1.165) is 0 Å². The van der Waals surface area contributed by atoms with E-state index in [1.807, 2.05) is 6.07 Å². The molecule has 0 aromatic heterocycles. The molecule has 0 unspecified atom stereocenters. The fourth-order valence-corrected chi connectivity index (χ4v) is 2.54. The van der Waals surface area contributed by atoms with E-state index in [4.69, 9.17) is 10.00 Å². The first kappa shape index (κ1) is 16.1. The van der Waals surface area contributed by atoms with E-state index < -0.39 is 10.0 Å². The molecule has 0 saturated heterocycles. The van der Waals surface area contributed by atoms with Gasteiger partial charge in [-0.25, -0.2) is 13.1 Å². The number of sulfonamides is 1. The molecule has 1 rings (SSSR count). The Morgan fingerprint density at radius 2 is 2.00 bits per heavy atom. The first-order valence-corrected chi connectivity index (χ1v) is 7.63. The molecule has 0 atom stereocenters. The van der Waals surface area contributed by atoms with Gasteiger partial charge < -0.3 is 4.74 Å². The summed E-state index contributed by atoms with van der Waals surface area (Å²) in [6.07, 6.45) is 0.540. The number of carbonyl (C=O) groups is 1. The Hall–Kier alpha value is -1.91. The van der Waals surface area contributed by atoms with Crippen LogP contribution in [0.2, 0.25) is 0 Å². The summed E-state index contributed by atoms with van der Waals surface area (Å²) in [5, 5.41) is 8.64. The molecule has 1 aromatic carbocycles. The standard InChI is InChI=1S/C13H16N2O4S/c1-2-19-13(16)4-3-9-15-20(17,18)12-7-5-11(10-14)6-8-12/h5-8,15H,2-4,9H2,1H3. The van der Waals surface area contributed by atoms with Crippen LogP contribution in [0.15, 0.2) is 29.2 Å². The van der Waals surface area contributed by atoms with Crippen molar-refractivity contribution < 1.29 is 17.9 Å². The number of hydrogen-bond donors (Lipinski definition) is 1. The topological polar surface area (TPSA) is 96.3 Å². The highest BCUT2D eigenvalue weighted by Gasteiger charge is 2.13. The minimum atomic E-state index is -3.61. The number of esters is 1. The van der Waals surface area contributed by atoms with Crippen LogP contribution in [0, 0.1) is 11.3 Å². The number of nitrogens with one attached hydrogen (secondary N) is 1. The molecule has 0 aliphatic heterocycles. The van der Waals surface area contributed by atoms with Crippen molar-refractivity contribution in [1.29, 1.82) is 5.26 Å². The molecule has 6 nitrogen and oxygen atoms in total. The van der Waals surface area contributed by atoms with Crippen molar-refractivity contribution in [2.75, 3.05) is 13.2 Å². The molecule has 1 aromatic rings. The summed E-state index contributed by atoms with van der Waals surface area (Å²) in [6, 6.07) is 7.53. The van der Waals surface area contributed by atoms with Crippen LogP contribution in [-0.2, 0) is 19.6 Å². The Labute approximate surface area is 118 Å². The maximum absolute atomic E-state index is 11.9. The van der Waals surface area contributed by atoms with E-state index in [0.29, 0.717) is 18.6 Å². The molecule has 0 bridgehead atoms. The van der Waals surface area contributed by atoms with Crippen LogP contribution in [0.3, 0.4) is 0 Å². The highest BCUT2D eigenvalue weighted by molar-refractivity contribution is 7.89. The van der Waals surface area contributed by atoms with Crippen LogP contribution in [0.5, 0.6) is 0 Å². The van der Waals surface area contributed by atoms with Crippen LogP contribution >= 0.6 is 0 Å². The third-order valence-corrected chi connectivity index (χ3v) is 3.93. The normalized spacial score (nSPS) is 10.8. The van der Waals surface area contributed by atoms with Gasteiger partial charge in [-0.1, -0.05) is 0 Å². The SMILES string of the molecule is CCOC(=O)CCCNS(=O)(=O)c1ccc(C#N)cc1. The number of hydrogen-bond acceptors (Lipinski definition) is 5. The molecular weight excluding hydrogens is 280 g/mol. The first-order valence-electron chi connectivity index (χ1n) is 6.15. The Morgan fingerprint density at radius 3 is 2.55 bits per heavy atom. The van der Waals surface area contributed by atoms with Crippen molar-refractivity contribution in [2.45, 2.75) is 24.7 Å². The molecule has 0 radical (unpaired) electrons. The number of rotatable bonds is 7. The zero-order valence-electron chi connectivity index (χ0n) is 11.1. The second-order valence-electron chi connectivity index (χ2n) is 3.94. The van der Waals surface area contributed by atoms with Gasteiger partial charge in [-0.2, -0.15) is 5.26 Å². The van der Waals surface area contributed by atoms with Crippen LogP contribution in [-0.4, -0.2) is 27.5 Å². The molecular formula is C13H16N2O4S. The van der Waals surface area contributed by atoms with Crippen molar-refractivity contribution in [1.82, 2.24) is 4.72 Å². The Balaban J connectivity index is 2.49. The monoisotopic (exact) mass is 296 g/mol. The average Bonchev–Trinajstić information content (AvgIpc) is 2.44. The maximum atomic E-state index is 11.9. The Kier molecular flexibility index (Phi) is 6.15. The lowest BCUT2D eigenvalue weighted by Crippen LogP contribution is -2.25. The van der Waals surface area contributed by atoms with Gasteiger partial charge in [-0.05, 0) is 37.6 Å². The second-order valence-corrected chi connectivity index (χ2v) is 5.71.